The Morgan fingerprint density at radius 2 is 2.11 bits per heavy atom. The number of ether oxygens (including phenoxy) is 2. The third-order valence-corrected chi connectivity index (χ3v) is 2.32. The van der Waals surface area contributed by atoms with Crippen molar-refractivity contribution in [1.29, 1.82) is 0 Å². The molecule has 1 aromatic carbocycles. The third-order valence-electron chi connectivity index (χ3n) is 2.32. The molecular weight excluding hydrogens is 232 g/mol. The molecule has 0 heterocycles. The number of aromatic carboxylic acids is 1. The van der Waals surface area contributed by atoms with Crippen LogP contribution in [-0.4, -0.2) is 24.3 Å². The highest BCUT2D eigenvalue weighted by molar-refractivity contribution is 5.88. The molecule has 4 heteroatoms. The molecule has 1 aromatic rings. The Morgan fingerprint density at radius 3 is 2.67 bits per heavy atom. The topological polar surface area (TPSA) is 55.8 Å². The molecule has 0 fully saturated rings. The van der Waals surface area contributed by atoms with E-state index in [0.29, 0.717) is 31.5 Å². The Balaban J connectivity index is 2.82. The van der Waals surface area contributed by atoms with E-state index < -0.39 is 5.97 Å². The van der Waals surface area contributed by atoms with Crippen LogP contribution in [-0.2, 0) is 11.3 Å². The maximum atomic E-state index is 10.9. The van der Waals surface area contributed by atoms with Crippen molar-refractivity contribution in [3.63, 3.8) is 0 Å². The first-order valence-corrected chi connectivity index (χ1v) is 6.11. The minimum absolute atomic E-state index is 0.251. The lowest BCUT2D eigenvalue weighted by Crippen LogP contribution is -2.06. The van der Waals surface area contributed by atoms with Gasteiger partial charge in [0.15, 0.2) is 0 Å². The Bertz CT molecular complexity index is 399. The zero-order valence-electron chi connectivity index (χ0n) is 11.1. The lowest BCUT2D eigenvalue weighted by atomic mass is 10.1. The van der Waals surface area contributed by atoms with Crippen LogP contribution in [0.25, 0.3) is 0 Å². The van der Waals surface area contributed by atoms with Crippen molar-refractivity contribution in [1.82, 2.24) is 0 Å². The van der Waals surface area contributed by atoms with Crippen LogP contribution >= 0.6 is 0 Å². The van der Waals surface area contributed by atoms with Gasteiger partial charge in [-0.3, -0.25) is 0 Å². The van der Waals surface area contributed by atoms with Crippen LogP contribution in [0.15, 0.2) is 18.2 Å². The molecule has 1 N–H and O–H groups in total. The largest absolute Gasteiger partial charge is 0.494 e. The summed E-state index contributed by atoms with van der Waals surface area (Å²) in [5.41, 5.74) is 1.03. The second-order valence-corrected chi connectivity index (χ2v) is 4.47. The van der Waals surface area contributed by atoms with Gasteiger partial charge in [-0.25, -0.2) is 4.79 Å². The summed E-state index contributed by atoms with van der Waals surface area (Å²) in [6.45, 7) is 7.58. The predicted molar refractivity (Wildman–Crippen MR) is 69.1 cm³/mol. The van der Waals surface area contributed by atoms with Gasteiger partial charge in [0.2, 0.25) is 0 Å². The minimum Gasteiger partial charge on any atom is -0.494 e. The lowest BCUT2D eigenvalue weighted by Gasteiger charge is -2.12. The molecule has 18 heavy (non-hydrogen) atoms. The highest BCUT2D eigenvalue weighted by Crippen LogP contribution is 2.21. The van der Waals surface area contributed by atoms with Crippen molar-refractivity contribution in [2.24, 2.45) is 5.92 Å². The Kier molecular flexibility index (Phi) is 5.65. The normalized spacial score (nSPS) is 10.7. The molecule has 0 radical (unpaired) electrons. The summed E-state index contributed by atoms with van der Waals surface area (Å²) in [7, 11) is 0. The van der Waals surface area contributed by atoms with Crippen LogP contribution in [0.1, 0.15) is 36.7 Å². The number of carboxylic acids is 1. The zero-order valence-corrected chi connectivity index (χ0v) is 11.1. The molecule has 4 nitrogen and oxygen atoms in total. The van der Waals surface area contributed by atoms with Crippen LogP contribution in [0.5, 0.6) is 5.75 Å². The Labute approximate surface area is 108 Å². The van der Waals surface area contributed by atoms with Crippen LogP contribution in [0, 0.1) is 5.92 Å². The fourth-order valence-electron chi connectivity index (χ4n) is 1.53. The molecular formula is C14H20O4. The smallest absolute Gasteiger partial charge is 0.335 e. The van der Waals surface area contributed by atoms with E-state index in [1.807, 2.05) is 6.92 Å². The second kappa shape index (κ2) is 7.01. The molecule has 0 spiro atoms. The first-order chi connectivity index (χ1) is 8.54. The Morgan fingerprint density at radius 1 is 1.39 bits per heavy atom. The molecule has 0 saturated heterocycles. The van der Waals surface area contributed by atoms with Crippen LogP contribution in [0.3, 0.4) is 0 Å². The van der Waals surface area contributed by atoms with Gasteiger partial charge in [0, 0.05) is 12.2 Å². The maximum Gasteiger partial charge on any atom is 0.335 e. The minimum atomic E-state index is -0.942. The van der Waals surface area contributed by atoms with E-state index >= 15 is 0 Å². The molecule has 0 saturated carbocycles. The third kappa shape index (κ3) is 4.37. The van der Waals surface area contributed by atoms with Crippen molar-refractivity contribution in [2.75, 3.05) is 13.2 Å². The van der Waals surface area contributed by atoms with Gasteiger partial charge in [-0.15, -0.1) is 0 Å². The van der Waals surface area contributed by atoms with Crippen molar-refractivity contribution in [2.45, 2.75) is 27.4 Å². The van der Waals surface area contributed by atoms with Crippen molar-refractivity contribution < 1.29 is 19.4 Å². The summed E-state index contributed by atoms with van der Waals surface area (Å²) in [5.74, 6) is 0.192. The summed E-state index contributed by atoms with van der Waals surface area (Å²) in [5, 5.41) is 8.96. The number of carboxylic acid groups (broad SMARTS) is 1. The molecule has 0 bridgehead atoms. The summed E-state index contributed by atoms with van der Waals surface area (Å²) in [6, 6.07) is 4.83. The lowest BCUT2D eigenvalue weighted by molar-refractivity contribution is 0.0695. The summed E-state index contributed by atoms with van der Waals surface area (Å²) >= 11 is 0. The molecule has 0 amide bonds. The molecule has 0 aromatic heterocycles. The number of carbonyl (C=O) groups is 1. The van der Waals surface area contributed by atoms with E-state index in [1.54, 1.807) is 18.2 Å². The molecule has 0 aliphatic carbocycles. The summed E-state index contributed by atoms with van der Waals surface area (Å²) in [6.07, 6.45) is 0. The fourth-order valence-corrected chi connectivity index (χ4v) is 1.53. The summed E-state index contributed by atoms with van der Waals surface area (Å²) < 4.78 is 11.0. The quantitative estimate of drug-likeness (QED) is 0.810. The molecule has 100 valence electrons. The summed E-state index contributed by atoms with van der Waals surface area (Å²) in [4.78, 5) is 10.9. The van der Waals surface area contributed by atoms with Gasteiger partial charge in [-0.1, -0.05) is 13.8 Å². The van der Waals surface area contributed by atoms with Crippen molar-refractivity contribution in [3.8, 4) is 5.75 Å². The average Bonchev–Trinajstić information content (AvgIpc) is 2.30. The van der Waals surface area contributed by atoms with Gasteiger partial charge in [0.25, 0.3) is 0 Å². The van der Waals surface area contributed by atoms with E-state index in [2.05, 4.69) is 13.8 Å². The van der Waals surface area contributed by atoms with Gasteiger partial charge >= 0.3 is 5.97 Å². The standard InChI is InChI=1S/C14H20O4/c1-4-18-13-6-5-11(14(15)16)7-12(13)9-17-8-10(2)3/h5-7,10H,4,8-9H2,1-3H3,(H,15,16). The van der Waals surface area contributed by atoms with E-state index in [9.17, 15) is 4.79 Å². The predicted octanol–water partition coefficient (Wildman–Crippen LogP) is 2.96. The Hall–Kier alpha value is -1.55. The first kappa shape index (κ1) is 14.5. The monoisotopic (exact) mass is 252 g/mol. The second-order valence-electron chi connectivity index (χ2n) is 4.47. The molecule has 0 aliphatic heterocycles. The highest BCUT2D eigenvalue weighted by atomic mass is 16.5. The van der Waals surface area contributed by atoms with Gasteiger partial charge < -0.3 is 14.6 Å². The maximum absolute atomic E-state index is 10.9. The van der Waals surface area contributed by atoms with E-state index in [0.717, 1.165) is 5.56 Å². The van der Waals surface area contributed by atoms with Crippen molar-refractivity contribution in [3.05, 3.63) is 29.3 Å². The van der Waals surface area contributed by atoms with E-state index in [1.165, 1.54) is 0 Å². The first-order valence-electron chi connectivity index (χ1n) is 6.11. The van der Waals surface area contributed by atoms with Gasteiger partial charge in [-0.05, 0) is 31.0 Å². The van der Waals surface area contributed by atoms with Gasteiger partial charge in [0.1, 0.15) is 5.75 Å². The fraction of sp³-hybridized carbons (Fsp3) is 0.500. The average molecular weight is 252 g/mol. The zero-order chi connectivity index (χ0) is 13.5. The van der Waals surface area contributed by atoms with Gasteiger partial charge in [0.05, 0.1) is 18.8 Å². The van der Waals surface area contributed by atoms with Crippen LogP contribution in [0.2, 0.25) is 0 Å². The van der Waals surface area contributed by atoms with E-state index in [4.69, 9.17) is 14.6 Å². The molecule has 0 aliphatic rings. The number of benzene rings is 1. The number of hydrogen-bond donors (Lipinski definition) is 1. The molecule has 0 unspecified atom stereocenters. The van der Waals surface area contributed by atoms with Crippen LogP contribution < -0.4 is 4.74 Å². The van der Waals surface area contributed by atoms with Gasteiger partial charge in [-0.2, -0.15) is 0 Å². The van der Waals surface area contributed by atoms with Crippen LogP contribution in [0.4, 0.5) is 0 Å². The van der Waals surface area contributed by atoms with Crippen molar-refractivity contribution >= 4 is 5.97 Å². The molecule has 1 rings (SSSR count). The number of rotatable bonds is 7. The van der Waals surface area contributed by atoms with E-state index in [-0.39, 0.29) is 5.56 Å². The SMILES string of the molecule is CCOc1ccc(C(=O)O)cc1COCC(C)C. The number of hydrogen-bond acceptors (Lipinski definition) is 3. The highest BCUT2D eigenvalue weighted by Gasteiger charge is 2.09. The molecule has 0 atom stereocenters.